The van der Waals surface area contributed by atoms with Crippen molar-refractivity contribution in [3.05, 3.63) is 95.3 Å². The standard InChI is InChI=1S/C31H36FN3O4S/c1-22-12-18-28(19-13-22)40(38,39)35(29-11-7-4-8-23(29)2)21-30(36)34(20-25-14-16-26(32)17-15-25)24(3)31(37)33-27-9-5-6-10-27/h4,7-8,11-19,24,27H,5-6,9-10,20-21H2,1-3H3,(H,33,37)/t24-/m0/s1. The predicted molar refractivity (Wildman–Crippen MR) is 154 cm³/mol. The number of nitrogens with zero attached hydrogens (tertiary/aromatic N) is 2. The molecular formula is C31H36FN3O4S. The highest BCUT2D eigenvalue weighted by Gasteiger charge is 2.33. The maximum Gasteiger partial charge on any atom is 0.264 e. The van der Waals surface area contributed by atoms with Crippen LogP contribution in [0.2, 0.25) is 0 Å². The summed E-state index contributed by atoms with van der Waals surface area (Å²) in [6.45, 7) is 4.79. The minimum absolute atomic E-state index is 0.0184. The number of hydrogen-bond acceptors (Lipinski definition) is 4. The minimum atomic E-state index is -4.13. The number of carbonyl (C=O) groups is 2. The van der Waals surface area contributed by atoms with E-state index in [9.17, 15) is 22.4 Å². The predicted octanol–water partition coefficient (Wildman–Crippen LogP) is 5.11. The van der Waals surface area contributed by atoms with Crippen molar-refractivity contribution in [3.63, 3.8) is 0 Å². The highest BCUT2D eigenvalue weighted by Crippen LogP contribution is 2.28. The number of sulfonamides is 1. The van der Waals surface area contributed by atoms with Crippen LogP contribution in [0, 0.1) is 19.7 Å². The van der Waals surface area contributed by atoms with Crippen LogP contribution in [-0.4, -0.2) is 43.8 Å². The normalized spacial score (nSPS) is 14.5. The summed E-state index contributed by atoms with van der Waals surface area (Å²) in [5.74, 6) is -1.26. The SMILES string of the molecule is Cc1ccc(S(=O)(=O)N(CC(=O)N(Cc2ccc(F)cc2)[C@@H](C)C(=O)NC2CCCC2)c2ccccc2C)cc1. The molecule has 0 saturated heterocycles. The summed E-state index contributed by atoms with van der Waals surface area (Å²) >= 11 is 0. The maximum atomic E-state index is 14.0. The first-order valence-corrected chi connectivity index (χ1v) is 15.0. The molecule has 1 atom stereocenters. The van der Waals surface area contributed by atoms with Crippen LogP contribution >= 0.6 is 0 Å². The molecule has 0 heterocycles. The summed E-state index contributed by atoms with van der Waals surface area (Å²) in [7, 11) is -4.13. The zero-order valence-electron chi connectivity index (χ0n) is 23.1. The molecule has 1 aliphatic carbocycles. The van der Waals surface area contributed by atoms with E-state index in [4.69, 9.17) is 0 Å². The van der Waals surface area contributed by atoms with Gasteiger partial charge in [-0.05, 0) is 75.1 Å². The number of nitrogens with one attached hydrogen (secondary N) is 1. The fourth-order valence-corrected chi connectivity index (χ4v) is 6.43. The van der Waals surface area contributed by atoms with Crippen molar-refractivity contribution in [2.75, 3.05) is 10.8 Å². The van der Waals surface area contributed by atoms with Crippen molar-refractivity contribution < 1.29 is 22.4 Å². The van der Waals surface area contributed by atoms with Crippen molar-refractivity contribution >= 4 is 27.5 Å². The first kappa shape index (κ1) is 29.3. The Hall–Kier alpha value is -3.72. The Balaban J connectivity index is 1.69. The summed E-state index contributed by atoms with van der Waals surface area (Å²) in [6.07, 6.45) is 3.86. The zero-order valence-corrected chi connectivity index (χ0v) is 24.0. The van der Waals surface area contributed by atoms with E-state index in [0.717, 1.165) is 35.6 Å². The molecule has 1 N–H and O–H groups in total. The molecule has 0 spiro atoms. The summed E-state index contributed by atoms with van der Waals surface area (Å²) in [5.41, 5.74) is 2.59. The van der Waals surface area contributed by atoms with Gasteiger partial charge in [-0.2, -0.15) is 0 Å². The molecule has 0 aliphatic heterocycles. The third-order valence-electron chi connectivity index (χ3n) is 7.41. The molecule has 7 nitrogen and oxygen atoms in total. The highest BCUT2D eigenvalue weighted by molar-refractivity contribution is 7.92. The Morgan fingerprint density at radius 2 is 1.57 bits per heavy atom. The number of para-hydroxylation sites is 1. The van der Waals surface area contributed by atoms with E-state index in [2.05, 4.69) is 5.32 Å². The molecule has 0 unspecified atom stereocenters. The summed E-state index contributed by atoms with van der Waals surface area (Å²) < 4.78 is 42.5. The largest absolute Gasteiger partial charge is 0.352 e. The lowest BCUT2D eigenvalue weighted by Gasteiger charge is -2.33. The van der Waals surface area contributed by atoms with E-state index < -0.39 is 34.3 Å². The van der Waals surface area contributed by atoms with E-state index in [1.165, 1.54) is 29.2 Å². The molecule has 4 rings (SSSR count). The zero-order chi connectivity index (χ0) is 28.9. The van der Waals surface area contributed by atoms with Crippen molar-refractivity contribution in [2.45, 2.75) is 70.0 Å². The Morgan fingerprint density at radius 1 is 0.950 bits per heavy atom. The van der Waals surface area contributed by atoms with Gasteiger partial charge in [-0.15, -0.1) is 0 Å². The Labute approximate surface area is 236 Å². The average molecular weight is 566 g/mol. The van der Waals surface area contributed by atoms with E-state index in [-0.39, 0.29) is 23.4 Å². The molecule has 3 aromatic rings. The molecule has 1 fully saturated rings. The first-order chi connectivity index (χ1) is 19.1. The fourth-order valence-electron chi connectivity index (χ4n) is 4.96. The van der Waals surface area contributed by atoms with Crippen LogP contribution in [0.4, 0.5) is 10.1 Å². The topological polar surface area (TPSA) is 86.8 Å². The van der Waals surface area contributed by atoms with Gasteiger partial charge in [0.05, 0.1) is 10.6 Å². The number of rotatable bonds is 10. The van der Waals surface area contributed by atoms with Gasteiger partial charge in [-0.1, -0.05) is 60.9 Å². The maximum absolute atomic E-state index is 14.0. The van der Waals surface area contributed by atoms with Crippen molar-refractivity contribution in [2.24, 2.45) is 0 Å². The third-order valence-corrected chi connectivity index (χ3v) is 9.18. The van der Waals surface area contributed by atoms with Crippen molar-refractivity contribution in [1.29, 1.82) is 0 Å². The summed E-state index contributed by atoms with van der Waals surface area (Å²) in [6, 6.07) is 18.3. The minimum Gasteiger partial charge on any atom is -0.352 e. The smallest absolute Gasteiger partial charge is 0.264 e. The van der Waals surface area contributed by atoms with Gasteiger partial charge in [0, 0.05) is 12.6 Å². The lowest BCUT2D eigenvalue weighted by atomic mass is 10.1. The molecule has 40 heavy (non-hydrogen) atoms. The monoisotopic (exact) mass is 565 g/mol. The van der Waals surface area contributed by atoms with Gasteiger partial charge in [-0.3, -0.25) is 13.9 Å². The average Bonchev–Trinajstić information content (AvgIpc) is 3.44. The number of halogens is 1. The van der Waals surface area contributed by atoms with Crippen molar-refractivity contribution in [1.82, 2.24) is 10.2 Å². The van der Waals surface area contributed by atoms with Crippen LogP contribution in [0.3, 0.4) is 0 Å². The molecule has 2 amide bonds. The molecule has 1 aliphatic rings. The number of benzene rings is 3. The number of aryl methyl sites for hydroxylation is 2. The number of carbonyl (C=O) groups excluding carboxylic acids is 2. The lowest BCUT2D eigenvalue weighted by Crippen LogP contribution is -2.52. The first-order valence-electron chi connectivity index (χ1n) is 13.6. The van der Waals surface area contributed by atoms with Crippen LogP contribution < -0.4 is 9.62 Å². The van der Waals surface area contributed by atoms with Gasteiger partial charge in [0.2, 0.25) is 11.8 Å². The van der Waals surface area contributed by atoms with E-state index in [0.29, 0.717) is 16.8 Å². The number of anilines is 1. The van der Waals surface area contributed by atoms with Crippen LogP contribution in [0.25, 0.3) is 0 Å². The number of amides is 2. The molecular weight excluding hydrogens is 529 g/mol. The third kappa shape index (κ3) is 6.88. The molecule has 0 bridgehead atoms. The molecule has 0 radical (unpaired) electrons. The van der Waals surface area contributed by atoms with E-state index in [1.54, 1.807) is 62.4 Å². The lowest BCUT2D eigenvalue weighted by molar-refractivity contribution is -0.139. The second kappa shape index (κ2) is 12.6. The Kier molecular flexibility index (Phi) is 9.25. The second-order valence-corrected chi connectivity index (χ2v) is 12.3. The highest BCUT2D eigenvalue weighted by atomic mass is 32.2. The summed E-state index contributed by atoms with van der Waals surface area (Å²) in [5, 5.41) is 3.04. The summed E-state index contributed by atoms with van der Waals surface area (Å²) in [4.78, 5) is 28.7. The van der Waals surface area contributed by atoms with Crippen LogP contribution in [0.15, 0.2) is 77.7 Å². The molecule has 0 aromatic heterocycles. The van der Waals surface area contributed by atoms with Crippen molar-refractivity contribution in [3.8, 4) is 0 Å². The van der Waals surface area contributed by atoms with Gasteiger partial charge in [-0.25, -0.2) is 12.8 Å². The quantitative estimate of drug-likeness (QED) is 0.370. The number of hydrogen-bond donors (Lipinski definition) is 1. The van der Waals surface area contributed by atoms with E-state index in [1.807, 2.05) is 6.92 Å². The molecule has 3 aromatic carbocycles. The van der Waals surface area contributed by atoms with Gasteiger partial charge < -0.3 is 10.2 Å². The van der Waals surface area contributed by atoms with Gasteiger partial charge in [0.1, 0.15) is 18.4 Å². The second-order valence-electron chi connectivity index (χ2n) is 10.4. The Bertz CT molecular complexity index is 1440. The van der Waals surface area contributed by atoms with E-state index >= 15 is 0 Å². The molecule has 212 valence electrons. The van der Waals surface area contributed by atoms with Gasteiger partial charge >= 0.3 is 0 Å². The molecule has 9 heteroatoms. The fraction of sp³-hybridized carbons (Fsp3) is 0.355. The Morgan fingerprint density at radius 3 is 2.20 bits per heavy atom. The van der Waals surface area contributed by atoms with Crippen LogP contribution in [-0.2, 0) is 26.2 Å². The van der Waals surface area contributed by atoms with Crippen LogP contribution in [0.1, 0.15) is 49.3 Å². The molecule has 1 saturated carbocycles. The van der Waals surface area contributed by atoms with Crippen LogP contribution in [0.5, 0.6) is 0 Å². The van der Waals surface area contributed by atoms with Gasteiger partial charge in [0.15, 0.2) is 0 Å². The van der Waals surface area contributed by atoms with Gasteiger partial charge in [0.25, 0.3) is 10.0 Å².